The number of rotatable bonds is 2. The predicted octanol–water partition coefficient (Wildman–Crippen LogP) is 1.32. The first-order valence-electron chi connectivity index (χ1n) is 8.47. The smallest absolute Gasteiger partial charge is 0.227 e. The zero-order valence-electron chi connectivity index (χ0n) is 12.8. The molecule has 3 heterocycles. The van der Waals surface area contributed by atoms with Gasteiger partial charge in [0.15, 0.2) is 0 Å². The number of hydrogen-bond donors (Lipinski definition) is 1. The minimum absolute atomic E-state index is 0.221. The first-order valence-corrected chi connectivity index (χ1v) is 8.47. The summed E-state index contributed by atoms with van der Waals surface area (Å²) in [6.07, 6.45) is 6.32. The van der Waals surface area contributed by atoms with Crippen molar-refractivity contribution in [1.29, 1.82) is 0 Å². The molecule has 1 amide bonds. The summed E-state index contributed by atoms with van der Waals surface area (Å²) in [4.78, 5) is 17.4. The maximum Gasteiger partial charge on any atom is 0.227 e. The Morgan fingerprint density at radius 3 is 2.65 bits per heavy atom. The molecule has 3 aliphatic rings. The third-order valence-electron chi connectivity index (χ3n) is 5.30. The van der Waals surface area contributed by atoms with Gasteiger partial charge in [0.2, 0.25) is 5.91 Å². The van der Waals surface area contributed by atoms with Crippen molar-refractivity contribution in [3.8, 4) is 0 Å². The van der Waals surface area contributed by atoms with Crippen LogP contribution in [-0.2, 0) is 4.79 Å². The standard InChI is InChI=1S/C16H29N3O/c1-13-9-14(11-17-10-13)16(20)19-8-5-15(12-19)18-6-3-2-4-7-18/h13-15,17H,2-12H2,1H3. The Labute approximate surface area is 122 Å². The van der Waals surface area contributed by atoms with Crippen molar-refractivity contribution in [3.05, 3.63) is 0 Å². The maximum atomic E-state index is 12.6. The molecule has 0 aromatic rings. The normalized spacial score (nSPS) is 36.2. The van der Waals surface area contributed by atoms with E-state index in [4.69, 9.17) is 0 Å². The summed E-state index contributed by atoms with van der Waals surface area (Å²) in [5, 5.41) is 3.41. The van der Waals surface area contributed by atoms with E-state index < -0.39 is 0 Å². The van der Waals surface area contributed by atoms with E-state index in [-0.39, 0.29) is 5.92 Å². The first kappa shape index (κ1) is 14.3. The molecule has 3 aliphatic heterocycles. The Bertz CT molecular complexity index is 341. The topological polar surface area (TPSA) is 35.6 Å². The van der Waals surface area contributed by atoms with Crippen LogP contribution in [0.4, 0.5) is 0 Å². The summed E-state index contributed by atoms with van der Waals surface area (Å²) < 4.78 is 0. The van der Waals surface area contributed by atoms with Crippen LogP contribution in [0.2, 0.25) is 0 Å². The molecule has 0 aliphatic carbocycles. The van der Waals surface area contributed by atoms with Crippen molar-refractivity contribution in [3.63, 3.8) is 0 Å². The van der Waals surface area contributed by atoms with E-state index in [0.29, 0.717) is 17.9 Å². The zero-order valence-corrected chi connectivity index (χ0v) is 12.8. The lowest BCUT2D eigenvalue weighted by atomic mass is 9.91. The first-order chi connectivity index (χ1) is 9.74. The summed E-state index contributed by atoms with van der Waals surface area (Å²) >= 11 is 0. The number of carbonyl (C=O) groups is 1. The number of hydrogen-bond acceptors (Lipinski definition) is 3. The van der Waals surface area contributed by atoms with Crippen LogP contribution in [0.25, 0.3) is 0 Å². The monoisotopic (exact) mass is 279 g/mol. The van der Waals surface area contributed by atoms with Crippen molar-refractivity contribution in [2.24, 2.45) is 11.8 Å². The van der Waals surface area contributed by atoms with Crippen LogP contribution in [0.1, 0.15) is 39.0 Å². The van der Waals surface area contributed by atoms with Gasteiger partial charge in [0, 0.05) is 25.7 Å². The summed E-state index contributed by atoms with van der Waals surface area (Å²) in [5.74, 6) is 1.26. The van der Waals surface area contributed by atoms with Crippen molar-refractivity contribution in [1.82, 2.24) is 15.1 Å². The van der Waals surface area contributed by atoms with Crippen LogP contribution in [0.3, 0.4) is 0 Å². The fraction of sp³-hybridized carbons (Fsp3) is 0.938. The van der Waals surface area contributed by atoms with E-state index in [1.165, 1.54) is 38.8 Å². The lowest BCUT2D eigenvalue weighted by Crippen LogP contribution is -2.46. The van der Waals surface area contributed by atoms with Crippen molar-refractivity contribution < 1.29 is 4.79 Å². The number of nitrogens with zero attached hydrogens (tertiary/aromatic N) is 2. The second kappa shape index (κ2) is 6.44. The molecule has 0 aromatic heterocycles. The maximum absolute atomic E-state index is 12.6. The van der Waals surface area contributed by atoms with Gasteiger partial charge in [-0.3, -0.25) is 9.69 Å². The second-order valence-corrected chi connectivity index (χ2v) is 7.02. The Balaban J connectivity index is 1.52. The third-order valence-corrected chi connectivity index (χ3v) is 5.30. The van der Waals surface area contributed by atoms with E-state index in [1.54, 1.807) is 0 Å². The average Bonchev–Trinajstić information content (AvgIpc) is 2.97. The largest absolute Gasteiger partial charge is 0.341 e. The van der Waals surface area contributed by atoms with Gasteiger partial charge in [0.25, 0.3) is 0 Å². The number of likely N-dealkylation sites (tertiary alicyclic amines) is 2. The number of carbonyl (C=O) groups excluding carboxylic acids is 1. The third kappa shape index (κ3) is 3.17. The molecule has 20 heavy (non-hydrogen) atoms. The van der Waals surface area contributed by atoms with Crippen molar-refractivity contribution in [2.45, 2.75) is 45.1 Å². The summed E-state index contributed by atoms with van der Waals surface area (Å²) in [5.41, 5.74) is 0. The molecular weight excluding hydrogens is 250 g/mol. The fourth-order valence-electron chi connectivity index (χ4n) is 4.13. The van der Waals surface area contributed by atoms with E-state index in [0.717, 1.165) is 32.6 Å². The summed E-state index contributed by atoms with van der Waals surface area (Å²) in [6.45, 7) is 8.64. The van der Waals surface area contributed by atoms with Gasteiger partial charge in [-0.25, -0.2) is 0 Å². The van der Waals surface area contributed by atoms with Crippen LogP contribution in [0.5, 0.6) is 0 Å². The van der Waals surface area contributed by atoms with E-state index >= 15 is 0 Å². The highest BCUT2D eigenvalue weighted by molar-refractivity contribution is 5.79. The fourth-order valence-corrected chi connectivity index (χ4v) is 4.13. The molecule has 0 spiro atoms. The van der Waals surface area contributed by atoms with E-state index in [2.05, 4.69) is 22.0 Å². The highest BCUT2D eigenvalue weighted by Crippen LogP contribution is 2.24. The molecule has 3 fully saturated rings. The van der Waals surface area contributed by atoms with Crippen LogP contribution < -0.4 is 5.32 Å². The van der Waals surface area contributed by atoms with Gasteiger partial charge >= 0.3 is 0 Å². The SMILES string of the molecule is CC1CNCC(C(=O)N2CCC(N3CCCCC3)C2)C1. The molecule has 0 saturated carbocycles. The molecular formula is C16H29N3O. The highest BCUT2D eigenvalue weighted by Gasteiger charge is 2.35. The quantitative estimate of drug-likeness (QED) is 0.828. The lowest BCUT2D eigenvalue weighted by Gasteiger charge is -2.33. The van der Waals surface area contributed by atoms with Gasteiger partial charge in [-0.15, -0.1) is 0 Å². The Morgan fingerprint density at radius 1 is 1.10 bits per heavy atom. The molecule has 114 valence electrons. The van der Waals surface area contributed by atoms with Crippen molar-refractivity contribution >= 4 is 5.91 Å². The minimum Gasteiger partial charge on any atom is -0.341 e. The Hall–Kier alpha value is -0.610. The van der Waals surface area contributed by atoms with Gasteiger partial charge in [-0.1, -0.05) is 13.3 Å². The van der Waals surface area contributed by atoms with Gasteiger partial charge in [-0.2, -0.15) is 0 Å². The number of nitrogens with one attached hydrogen (secondary N) is 1. The van der Waals surface area contributed by atoms with Crippen molar-refractivity contribution in [2.75, 3.05) is 39.3 Å². The predicted molar refractivity (Wildman–Crippen MR) is 80.5 cm³/mol. The Kier molecular flexibility index (Phi) is 4.61. The zero-order chi connectivity index (χ0) is 13.9. The number of amides is 1. The minimum atomic E-state index is 0.221. The van der Waals surface area contributed by atoms with Crippen LogP contribution in [-0.4, -0.2) is 61.0 Å². The van der Waals surface area contributed by atoms with Gasteiger partial charge in [-0.05, 0) is 51.2 Å². The molecule has 3 atom stereocenters. The van der Waals surface area contributed by atoms with Gasteiger partial charge in [0.1, 0.15) is 0 Å². The van der Waals surface area contributed by atoms with E-state index in [9.17, 15) is 4.79 Å². The lowest BCUT2D eigenvalue weighted by molar-refractivity contribution is -0.135. The van der Waals surface area contributed by atoms with Gasteiger partial charge < -0.3 is 10.2 Å². The average molecular weight is 279 g/mol. The molecule has 3 saturated heterocycles. The molecule has 1 N–H and O–H groups in total. The molecule has 0 aromatic carbocycles. The highest BCUT2D eigenvalue weighted by atomic mass is 16.2. The van der Waals surface area contributed by atoms with Crippen LogP contribution in [0.15, 0.2) is 0 Å². The van der Waals surface area contributed by atoms with E-state index in [1.807, 2.05) is 0 Å². The Morgan fingerprint density at radius 2 is 1.90 bits per heavy atom. The second-order valence-electron chi connectivity index (χ2n) is 7.02. The molecule has 0 bridgehead atoms. The molecule has 3 unspecified atom stereocenters. The molecule has 0 radical (unpaired) electrons. The van der Waals surface area contributed by atoms with Crippen LogP contribution >= 0.6 is 0 Å². The molecule has 3 rings (SSSR count). The van der Waals surface area contributed by atoms with Crippen LogP contribution in [0, 0.1) is 11.8 Å². The summed E-state index contributed by atoms with van der Waals surface area (Å²) in [6, 6.07) is 0.633. The van der Waals surface area contributed by atoms with Gasteiger partial charge in [0.05, 0.1) is 5.92 Å². The molecule has 4 heteroatoms. The summed E-state index contributed by atoms with van der Waals surface area (Å²) in [7, 11) is 0. The molecule has 4 nitrogen and oxygen atoms in total. The number of piperidine rings is 2.